The van der Waals surface area contributed by atoms with Crippen LogP contribution in [0, 0.1) is 0 Å². The molecule has 0 fully saturated rings. The number of fused-ring (bicyclic) bond motifs is 1. The zero-order valence-electron chi connectivity index (χ0n) is 12.7. The number of aromatic amines is 1. The fourth-order valence-corrected chi connectivity index (χ4v) is 3.39. The number of nitrogens with one attached hydrogen (secondary N) is 1. The molecular formula is C13H16ClN5O3S. The first-order chi connectivity index (χ1) is 10.7. The Hall–Kier alpha value is -1.71. The summed E-state index contributed by atoms with van der Waals surface area (Å²) in [5.74, 6) is 0. The van der Waals surface area contributed by atoms with Gasteiger partial charge in [0.2, 0.25) is 15.0 Å². The Kier molecular flexibility index (Phi) is 4.03. The van der Waals surface area contributed by atoms with Gasteiger partial charge < -0.3 is 0 Å². The Labute approximate surface area is 138 Å². The van der Waals surface area contributed by atoms with E-state index in [2.05, 4.69) is 15.1 Å². The number of hydrogen-bond acceptors (Lipinski definition) is 6. The second kappa shape index (κ2) is 5.73. The van der Waals surface area contributed by atoms with Crippen molar-refractivity contribution in [3.63, 3.8) is 0 Å². The van der Waals surface area contributed by atoms with Crippen LogP contribution in [0.2, 0.25) is 5.02 Å². The van der Waals surface area contributed by atoms with Gasteiger partial charge in [-0.05, 0) is 0 Å². The fourth-order valence-electron chi connectivity index (χ4n) is 2.59. The van der Waals surface area contributed by atoms with Crippen molar-refractivity contribution in [3.05, 3.63) is 38.5 Å². The average Bonchev–Trinajstić information content (AvgIpc) is 2.76. The van der Waals surface area contributed by atoms with Crippen molar-refractivity contribution in [1.82, 2.24) is 24.6 Å². The van der Waals surface area contributed by atoms with Crippen LogP contribution in [0.4, 0.5) is 0 Å². The van der Waals surface area contributed by atoms with E-state index in [1.807, 2.05) is 4.90 Å². The SMILES string of the molecule is Cn1cc(Cl)c(CN2CCc3nc(S(C)(=O)=O)[nH]c(=O)c3C2)n1. The molecule has 8 nitrogen and oxygen atoms in total. The first-order valence-electron chi connectivity index (χ1n) is 6.96. The maximum atomic E-state index is 12.2. The highest BCUT2D eigenvalue weighted by atomic mass is 35.5. The minimum atomic E-state index is -3.53. The van der Waals surface area contributed by atoms with Gasteiger partial charge in [0.15, 0.2) is 0 Å². The lowest BCUT2D eigenvalue weighted by molar-refractivity contribution is 0.237. The third-order valence-electron chi connectivity index (χ3n) is 3.70. The largest absolute Gasteiger partial charge is 0.297 e. The predicted molar refractivity (Wildman–Crippen MR) is 84.0 cm³/mol. The maximum absolute atomic E-state index is 12.2. The summed E-state index contributed by atoms with van der Waals surface area (Å²) in [6, 6.07) is 0. The van der Waals surface area contributed by atoms with Gasteiger partial charge in [0.25, 0.3) is 5.56 Å². The van der Waals surface area contributed by atoms with Gasteiger partial charge in [0.1, 0.15) is 0 Å². The topological polar surface area (TPSA) is 101 Å². The van der Waals surface area contributed by atoms with Crippen LogP contribution in [0.1, 0.15) is 17.0 Å². The number of aromatic nitrogens is 4. The molecule has 0 bridgehead atoms. The Bertz CT molecular complexity index is 918. The molecule has 1 N–H and O–H groups in total. The van der Waals surface area contributed by atoms with Gasteiger partial charge in [-0.2, -0.15) is 5.10 Å². The van der Waals surface area contributed by atoms with Crippen LogP contribution in [-0.4, -0.2) is 45.9 Å². The van der Waals surface area contributed by atoms with Crippen molar-refractivity contribution in [2.24, 2.45) is 7.05 Å². The zero-order valence-corrected chi connectivity index (χ0v) is 14.3. The summed E-state index contributed by atoms with van der Waals surface area (Å²) in [7, 11) is -1.74. The number of rotatable bonds is 3. The molecule has 3 heterocycles. The number of sulfone groups is 1. The van der Waals surface area contributed by atoms with Crippen molar-refractivity contribution in [1.29, 1.82) is 0 Å². The molecule has 0 spiro atoms. The summed E-state index contributed by atoms with van der Waals surface area (Å²) in [4.78, 5) is 20.6. The molecule has 0 radical (unpaired) electrons. The van der Waals surface area contributed by atoms with Crippen LogP contribution in [0.15, 0.2) is 16.1 Å². The second-order valence-corrected chi connectivity index (χ2v) is 7.96. The summed E-state index contributed by atoms with van der Waals surface area (Å²) < 4.78 is 24.7. The van der Waals surface area contributed by atoms with Crippen LogP contribution >= 0.6 is 11.6 Å². The third kappa shape index (κ3) is 3.31. The zero-order chi connectivity index (χ0) is 16.8. The van der Waals surface area contributed by atoms with Gasteiger partial charge >= 0.3 is 0 Å². The summed E-state index contributed by atoms with van der Waals surface area (Å²) in [6.07, 6.45) is 3.25. The Balaban J connectivity index is 1.87. The molecule has 0 saturated carbocycles. The van der Waals surface area contributed by atoms with E-state index in [1.54, 1.807) is 17.9 Å². The number of hydrogen-bond donors (Lipinski definition) is 1. The first kappa shape index (κ1) is 16.2. The minimum Gasteiger partial charge on any atom is -0.297 e. The van der Waals surface area contributed by atoms with Gasteiger partial charge in [-0.3, -0.25) is 19.4 Å². The lowest BCUT2D eigenvalue weighted by atomic mass is 10.1. The molecule has 3 rings (SSSR count). The van der Waals surface area contributed by atoms with E-state index >= 15 is 0 Å². The lowest BCUT2D eigenvalue weighted by Gasteiger charge is -2.26. The van der Waals surface area contributed by atoms with Crippen LogP contribution in [-0.2, 0) is 36.4 Å². The number of H-pyrrole nitrogens is 1. The van der Waals surface area contributed by atoms with Gasteiger partial charge in [0.05, 0.1) is 22.0 Å². The first-order valence-corrected chi connectivity index (χ1v) is 9.23. The van der Waals surface area contributed by atoms with Gasteiger partial charge in [0, 0.05) is 45.6 Å². The normalized spacial score (nSPS) is 15.6. The molecular weight excluding hydrogens is 342 g/mol. The lowest BCUT2D eigenvalue weighted by Crippen LogP contribution is -2.36. The van der Waals surface area contributed by atoms with E-state index < -0.39 is 15.4 Å². The van der Waals surface area contributed by atoms with E-state index in [4.69, 9.17) is 11.6 Å². The summed E-state index contributed by atoms with van der Waals surface area (Å²) in [6.45, 7) is 1.56. The van der Waals surface area contributed by atoms with Crippen LogP contribution < -0.4 is 5.56 Å². The average molecular weight is 358 g/mol. The molecule has 2 aromatic rings. The van der Waals surface area contributed by atoms with Crippen LogP contribution in [0.5, 0.6) is 0 Å². The molecule has 0 saturated heterocycles. The second-order valence-electron chi connectivity index (χ2n) is 5.63. The van der Waals surface area contributed by atoms with Crippen molar-refractivity contribution in [2.45, 2.75) is 24.7 Å². The van der Waals surface area contributed by atoms with Crippen molar-refractivity contribution in [3.8, 4) is 0 Å². The van der Waals surface area contributed by atoms with E-state index in [1.165, 1.54) is 0 Å². The van der Waals surface area contributed by atoms with Gasteiger partial charge in [-0.25, -0.2) is 13.4 Å². The Morgan fingerprint density at radius 2 is 2.17 bits per heavy atom. The smallest absolute Gasteiger partial charge is 0.256 e. The van der Waals surface area contributed by atoms with E-state index in [0.717, 1.165) is 11.9 Å². The van der Waals surface area contributed by atoms with Gasteiger partial charge in [-0.1, -0.05) is 11.6 Å². The van der Waals surface area contributed by atoms with Gasteiger partial charge in [-0.15, -0.1) is 0 Å². The molecule has 0 aliphatic carbocycles. The molecule has 1 aliphatic rings. The summed E-state index contributed by atoms with van der Waals surface area (Å²) in [5.41, 5.74) is 1.37. The molecule has 2 aromatic heterocycles. The molecule has 1 aliphatic heterocycles. The summed E-state index contributed by atoms with van der Waals surface area (Å²) >= 11 is 6.11. The monoisotopic (exact) mass is 357 g/mol. The molecule has 0 amide bonds. The van der Waals surface area contributed by atoms with Crippen LogP contribution in [0.3, 0.4) is 0 Å². The van der Waals surface area contributed by atoms with E-state index in [9.17, 15) is 13.2 Å². The maximum Gasteiger partial charge on any atom is 0.256 e. The number of halogens is 1. The van der Waals surface area contributed by atoms with E-state index in [0.29, 0.717) is 42.3 Å². The highest BCUT2D eigenvalue weighted by molar-refractivity contribution is 7.90. The van der Waals surface area contributed by atoms with E-state index in [-0.39, 0.29) is 5.16 Å². The molecule has 0 aromatic carbocycles. The quantitative estimate of drug-likeness (QED) is 0.783. The molecule has 10 heteroatoms. The van der Waals surface area contributed by atoms with Crippen molar-refractivity contribution < 1.29 is 8.42 Å². The minimum absolute atomic E-state index is 0.275. The Morgan fingerprint density at radius 3 is 2.78 bits per heavy atom. The molecule has 0 unspecified atom stereocenters. The highest BCUT2D eigenvalue weighted by Gasteiger charge is 2.24. The molecule has 23 heavy (non-hydrogen) atoms. The Morgan fingerprint density at radius 1 is 1.43 bits per heavy atom. The molecule has 0 atom stereocenters. The predicted octanol–water partition coefficient (Wildman–Crippen LogP) is 0.119. The number of nitrogens with zero attached hydrogens (tertiary/aromatic N) is 4. The summed E-state index contributed by atoms with van der Waals surface area (Å²) in [5, 5.41) is 4.60. The van der Waals surface area contributed by atoms with Crippen molar-refractivity contribution >= 4 is 21.4 Å². The standard InChI is InChI=1S/C13H16ClN5O3S/c1-18-6-9(14)11(17-18)7-19-4-3-10-8(5-19)12(20)16-13(15-10)23(2,21)22/h6H,3-5,7H2,1-2H3,(H,15,16,20). The highest BCUT2D eigenvalue weighted by Crippen LogP contribution is 2.20. The third-order valence-corrected chi connectivity index (χ3v) is 4.92. The van der Waals surface area contributed by atoms with Crippen molar-refractivity contribution in [2.75, 3.05) is 12.8 Å². The fraction of sp³-hybridized carbons (Fsp3) is 0.462. The number of aryl methyl sites for hydroxylation is 1. The molecule has 124 valence electrons. The van der Waals surface area contributed by atoms with Crippen LogP contribution in [0.25, 0.3) is 0 Å².